The van der Waals surface area contributed by atoms with Crippen LogP contribution in [-0.4, -0.2) is 299 Å². The summed E-state index contributed by atoms with van der Waals surface area (Å²) < 4.78 is 112. The first-order chi connectivity index (χ1) is 44.0. The lowest BCUT2D eigenvalue weighted by molar-refractivity contribution is -0.398. The highest BCUT2D eigenvalue weighted by Gasteiger charge is 2.64. The van der Waals surface area contributed by atoms with Crippen molar-refractivity contribution >= 4 is 10.4 Å². The number of rotatable bonds is 20. The molecule has 37 atom stereocenters. The van der Waals surface area contributed by atoms with Crippen LogP contribution in [0.2, 0.25) is 0 Å². The largest absolute Gasteiger partial charge is 0.397 e. The van der Waals surface area contributed by atoms with Gasteiger partial charge in [0.25, 0.3) is 0 Å². The summed E-state index contributed by atoms with van der Waals surface area (Å²) in [6, 6.07) is 0. The van der Waals surface area contributed by atoms with Crippen LogP contribution in [-0.2, 0) is 71.4 Å². The van der Waals surface area contributed by atoms with E-state index in [-0.39, 0.29) is 41.9 Å². The lowest BCUT2D eigenvalue weighted by Crippen LogP contribution is -2.67. The second-order valence-corrected chi connectivity index (χ2v) is 30.1. The Balaban J connectivity index is 0.891. The van der Waals surface area contributed by atoms with Crippen molar-refractivity contribution in [2.45, 2.75) is 303 Å². The molecule has 94 heavy (non-hydrogen) atoms. The number of ether oxygens (including phenoxy) is 12. The van der Waals surface area contributed by atoms with Crippen molar-refractivity contribution in [2.75, 3.05) is 19.8 Å². The highest BCUT2D eigenvalue weighted by Crippen LogP contribution is 2.68. The smallest absolute Gasteiger partial charge is 0.394 e. The van der Waals surface area contributed by atoms with Crippen LogP contribution in [0.4, 0.5) is 0 Å². The van der Waals surface area contributed by atoms with Crippen molar-refractivity contribution in [2.24, 2.45) is 40.4 Å². The Morgan fingerprint density at radius 2 is 1.15 bits per heavy atom. The molecule has 4 aliphatic carbocycles. The third-order valence-corrected chi connectivity index (χ3v) is 23.1. The molecule has 10 aliphatic rings. The molecule has 0 aromatic heterocycles. The topological polar surface area (TPSA) is 478 Å². The zero-order chi connectivity index (χ0) is 68.7. The second kappa shape index (κ2) is 29.3. The fraction of sp³-hybridized carbons (Fsp3) is 0.935. The lowest BCUT2D eigenvalue weighted by atomic mass is 9.47. The molecule has 0 amide bonds. The van der Waals surface area contributed by atoms with Gasteiger partial charge in [0.1, 0.15) is 116 Å². The first-order valence-corrected chi connectivity index (χ1v) is 34.4. The predicted molar refractivity (Wildman–Crippen MR) is 316 cm³/mol. The van der Waals surface area contributed by atoms with E-state index in [4.69, 9.17) is 61.0 Å². The van der Waals surface area contributed by atoms with Gasteiger partial charge in [0.05, 0.1) is 55.9 Å². The molecule has 31 nitrogen and oxygen atoms in total. The van der Waals surface area contributed by atoms with Gasteiger partial charge in [-0.3, -0.25) is 4.55 Å². The van der Waals surface area contributed by atoms with Crippen molar-refractivity contribution in [1.29, 1.82) is 0 Å². The highest BCUT2D eigenvalue weighted by atomic mass is 32.3. The van der Waals surface area contributed by atoms with Crippen molar-refractivity contribution < 1.29 is 151 Å². The number of hydrogen-bond acceptors (Lipinski definition) is 30. The Hall–Kier alpha value is -1.73. The normalized spacial score (nSPS) is 51.6. The Kier molecular flexibility index (Phi) is 23.4. The van der Waals surface area contributed by atoms with Gasteiger partial charge in [0.15, 0.2) is 37.7 Å². The summed E-state index contributed by atoms with van der Waals surface area (Å²) in [6.45, 7) is 16.8. The van der Waals surface area contributed by atoms with Gasteiger partial charge in [-0.25, -0.2) is 4.18 Å². The molecular formula is C62H102O31S. The molecule has 0 bridgehead atoms. The number of fused-ring (bicyclic) bond motifs is 5. The Bertz CT molecular complexity index is 2690. The summed E-state index contributed by atoms with van der Waals surface area (Å²) in [4.78, 5) is 0. The summed E-state index contributed by atoms with van der Waals surface area (Å²) in [5.74, 6) is -0.331. The molecule has 10 rings (SSSR count). The zero-order valence-electron chi connectivity index (χ0n) is 54.2. The van der Waals surface area contributed by atoms with Gasteiger partial charge >= 0.3 is 10.4 Å². The molecule has 0 aromatic rings. The maximum Gasteiger partial charge on any atom is 0.397 e. The maximum atomic E-state index is 12.5. The van der Waals surface area contributed by atoms with E-state index >= 15 is 0 Å². The van der Waals surface area contributed by atoms with E-state index in [1.807, 2.05) is 6.92 Å². The van der Waals surface area contributed by atoms with Crippen LogP contribution < -0.4 is 0 Å². The van der Waals surface area contributed by atoms with E-state index in [0.29, 0.717) is 32.1 Å². The first-order valence-electron chi connectivity index (χ1n) is 33.0. The van der Waals surface area contributed by atoms with E-state index in [2.05, 4.69) is 40.3 Å². The quantitative estimate of drug-likeness (QED) is 0.0421. The molecule has 9 fully saturated rings. The molecule has 6 aliphatic heterocycles. The molecule has 0 radical (unpaired) electrons. The van der Waals surface area contributed by atoms with Crippen molar-refractivity contribution in [1.82, 2.24) is 0 Å². The fourth-order valence-electron chi connectivity index (χ4n) is 16.8. The van der Waals surface area contributed by atoms with Crippen molar-refractivity contribution in [3.63, 3.8) is 0 Å². The van der Waals surface area contributed by atoms with Gasteiger partial charge in [-0.1, -0.05) is 51.5 Å². The van der Waals surface area contributed by atoms with Gasteiger partial charge in [0.2, 0.25) is 0 Å². The first kappa shape index (κ1) is 74.9. The van der Waals surface area contributed by atoms with Crippen LogP contribution in [0.3, 0.4) is 0 Å². The summed E-state index contributed by atoms with van der Waals surface area (Å²) in [5, 5.41) is 168. The van der Waals surface area contributed by atoms with Gasteiger partial charge in [-0.2, -0.15) is 8.42 Å². The van der Waals surface area contributed by atoms with Crippen LogP contribution in [0.15, 0.2) is 23.8 Å². The molecule has 32 heteroatoms. The van der Waals surface area contributed by atoms with Gasteiger partial charge in [-0.05, 0) is 126 Å². The number of aliphatic hydroxyl groups excluding tert-OH is 14. The molecule has 6 saturated heterocycles. The number of allylic oxidation sites excluding steroid dienone is 3. The molecular weight excluding hydrogens is 1270 g/mol. The molecule has 3 saturated carbocycles. The summed E-state index contributed by atoms with van der Waals surface area (Å²) in [5.41, 5.74) is 0.262. The second-order valence-electron chi connectivity index (χ2n) is 29.0. The van der Waals surface area contributed by atoms with Gasteiger partial charge in [-0.15, -0.1) is 0 Å². The summed E-state index contributed by atoms with van der Waals surface area (Å²) >= 11 is 0. The van der Waals surface area contributed by atoms with Crippen molar-refractivity contribution in [3.8, 4) is 0 Å². The van der Waals surface area contributed by atoms with Crippen LogP contribution in [0.5, 0.6) is 0 Å². The maximum absolute atomic E-state index is 12.5. The third-order valence-electron chi connectivity index (χ3n) is 22.6. The average Bonchev–Trinajstić information content (AvgIpc) is 1.34. The molecule has 542 valence electrons. The monoisotopic (exact) mass is 1370 g/mol. The van der Waals surface area contributed by atoms with Gasteiger partial charge in [0, 0.05) is 0 Å². The average molecular weight is 1380 g/mol. The van der Waals surface area contributed by atoms with Gasteiger partial charge < -0.3 is 133 Å². The van der Waals surface area contributed by atoms with E-state index in [1.54, 1.807) is 0 Å². The fourth-order valence-corrected chi connectivity index (χ4v) is 17.3. The molecule has 29 unspecified atom stereocenters. The predicted octanol–water partition coefficient (Wildman–Crippen LogP) is -3.23. The van der Waals surface area contributed by atoms with E-state index in [0.717, 1.165) is 18.4 Å². The van der Waals surface area contributed by atoms with Crippen LogP contribution in [0.25, 0.3) is 0 Å². The Morgan fingerprint density at radius 3 is 1.80 bits per heavy atom. The van der Waals surface area contributed by atoms with Crippen LogP contribution in [0.1, 0.15) is 113 Å². The SMILES string of the molecule is C=C(CC[C@](C)(O)[C@H]1CC[C@H]2C3C[C@H](OC4OC(C)C(O)C(OC5OCC(OC6OC(C)C(O)C(O)C6OC6OCC(O)C(OC7OC(CO)C(O)C(O)C7O)C6O)C(O)C5OC5OC(C)C(O)C(O)C5O)C4O)[C@H]4C[C@@H](OS(=O)(=O)O)CC[C@]4(C)C3=CC[C@@]21C)C(C)C. The Morgan fingerprint density at radius 1 is 0.606 bits per heavy atom. The van der Waals surface area contributed by atoms with E-state index in [9.17, 15) is 89.6 Å². The minimum atomic E-state index is -4.88. The minimum Gasteiger partial charge on any atom is -0.394 e. The summed E-state index contributed by atoms with van der Waals surface area (Å²) in [6.07, 6.45) is -43.3. The molecule has 0 aromatic carbocycles. The lowest BCUT2D eigenvalue weighted by Gasteiger charge is -2.60. The highest BCUT2D eigenvalue weighted by molar-refractivity contribution is 7.80. The molecule has 0 spiro atoms. The van der Waals surface area contributed by atoms with Crippen LogP contribution >= 0.6 is 0 Å². The minimum absolute atomic E-state index is 0.0706. The van der Waals surface area contributed by atoms with Crippen LogP contribution in [0, 0.1) is 40.4 Å². The van der Waals surface area contributed by atoms with Crippen molar-refractivity contribution in [3.05, 3.63) is 23.8 Å². The Labute approximate surface area is 546 Å². The number of hydrogen-bond donors (Lipinski definition) is 16. The molecule has 16 N–H and O–H groups in total. The standard InChI is InChI=1S/C62H102O31S/c1-23(2)24(3)12-17-62(9,77)37-11-10-30-29-19-34(32-18-28(93-94(78,79)80)13-15-60(32,7)31(29)14-16-61(30,37)8)86-57-49(76)51(40(67)27(6)84-57)90-58-52(92-55-46(73)43(70)38(65)25(4)83-55)42(69)36(22-82-58)88-59-53(45(72)39(66)26(5)85-59)91-54-48(75)50(33(64)21-81-54)89-56-47(74)44(71)41(68)35(20-63)87-56/h14,23,25-30,32-59,63-77H,3,10-13,15-22H2,1-2,4-9H3,(H,78,79,80)/t25?,26?,27?,28-,29?,30-,32+,33?,34-,35?,36?,37-,38?,39?,40?,41?,42?,43?,44?,45?,46?,47?,48?,49?,50?,51?,52?,53?,54?,55?,56?,57?,58?,59?,60+,61-,62-/m0/s1. The third kappa shape index (κ3) is 14.8. The number of aliphatic hydroxyl groups is 15. The zero-order valence-corrected chi connectivity index (χ0v) is 55.0. The van der Waals surface area contributed by atoms with E-state index < -0.39 is 231 Å². The molecule has 6 heterocycles. The van der Waals surface area contributed by atoms with E-state index in [1.165, 1.54) is 26.3 Å². The summed E-state index contributed by atoms with van der Waals surface area (Å²) in [7, 11) is -4.88.